The Balaban J connectivity index is 2.33. The van der Waals surface area contributed by atoms with Gasteiger partial charge in [-0.05, 0) is 31.2 Å². The smallest absolute Gasteiger partial charge is 0.261 e. The highest BCUT2D eigenvalue weighted by molar-refractivity contribution is 5.95. The summed E-state index contributed by atoms with van der Waals surface area (Å²) < 4.78 is 1.57. The third kappa shape index (κ3) is 1.59. The normalized spacial score (nSPS) is 10.1. The summed E-state index contributed by atoms with van der Waals surface area (Å²) in [5.41, 5.74) is 1.88. The van der Waals surface area contributed by atoms with Crippen LogP contribution in [-0.2, 0) is 0 Å². The predicted octanol–water partition coefficient (Wildman–Crippen LogP) is 2.49. The standard InChI is InChI=1S/C12H11NO/c1-10-4-6-11(7-5-10)12(14)13-8-2-3-9-13/h2-9H,1H3. The summed E-state index contributed by atoms with van der Waals surface area (Å²) in [5.74, 6) is 0.00926. The van der Waals surface area contributed by atoms with E-state index in [2.05, 4.69) is 0 Å². The topological polar surface area (TPSA) is 22.0 Å². The van der Waals surface area contributed by atoms with E-state index in [0.717, 1.165) is 5.56 Å². The first-order valence-corrected chi connectivity index (χ1v) is 4.52. The van der Waals surface area contributed by atoms with Crippen LogP contribution in [0, 0.1) is 6.92 Å². The fourth-order valence-electron chi connectivity index (χ4n) is 1.32. The second kappa shape index (κ2) is 3.50. The van der Waals surface area contributed by atoms with Crippen molar-refractivity contribution in [2.24, 2.45) is 0 Å². The Morgan fingerprint density at radius 3 is 2.21 bits per heavy atom. The lowest BCUT2D eigenvalue weighted by Crippen LogP contribution is -2.09. The van der Waals surface area contributed by atoms with Crippen molar-refractivity contribution in [1.29, 1.82) is 0 Å². The van der Waals surface area contributed by atoms with Crippen LogP contribution in [0.15, 0.2) is 48.8 Å². The van der Waals surface area contributed by atoms with E-state index in [4.69, 9.17) is 0 Å². The molecule has 1 aromatic carbocycles. The van der Waals surface area contributed by atoms with Crippen molar-refractivity contribution in [3.05, 3.63) is 59.9 Å². The quantitative estimate of drug-likeness (QED) is 0.669. The van der Waals surface area contributed by atoms with Crippen molar-refractivity contribution in [1.82, 2.24) is 4.57 Å². The number of aryl methyl sites for hydroxylation is 1. The van der Waals surface area contributed by atoms with E-state index >= 15 is 0 Å². The summed E-state index contributed by atoms with van der Waals surface area (Å²) in [6, 6.07) is 11.3. The molecule has 1 aromatic heterocycles. The van der Waals surface area contributed by atoms with Gasteiger partial charge in [0.05, 0.1) is 0 Å². The van der Waals surface area contributed by atoms with Crippen LogP contribution in [-0.4, -0.2) is 10.5 Å². The summed E-state index contributed by atoms with van der Waals surface area (Å²) in [7, 11) is 0. The fourth-order valence-corrected chi connectivity index (χ4v) is 1.32. The van der Waals surface area contributed by atoms with Crippen molar-refractivity contribution < 1.29 is 4.79 Å². The van der Waals surface area contributed by atoms with Gasteiger partial charge in [-0.25, -0.2) is 0 Å². The van der Waals surface area contributed by atoms with Gasteiger partial charge in [0.15, 0.2) is 0 Å². The molecule has 0 aliphatic carbocycles. The number of carbonyl (C=O) groups is 1. The summed E-state index contributed by atoms with van der Waals surface area (Å²) in [6.45, 7) is 2.00. The monoisotopic (exact) mass is 185 g/mol. The highest BCUT2D eigenvalue weighted by Crippen LogP contribution is 2.05. The fraction of sp³-hybridized carbons (Fsp3) is 0.0833. The second-order valence-electron chi connectivity index (χ2n) is 3.26. The van der Waals surface area contributed by atoms with Crippen LogP contribution in [0.4, 0.5) is 0 Å². The summed E-state index contributed by atoms with van der Waals surface area (Å²) in [4.78, 5) is 11.8. The average Bonchev–Trinajstić information content (AvgIpc) is 2.71. The molecule has 0 aliphatic rings. The zero-order valence-corrected chi connectivity index (χ0v) is 7.97. The van der Waals surface area contributed by atoms with Crippen LogP contribution >= 0.6 is 0 Å². The van der Waals surface area contributed by atoms with Gasteiger partial charge in [0.1, 0.15) is 0 Å². The Labute approximate surface area is 82.8 Å². The molecule has 0 saturated carbocycles. The number of rotatable bonds is 1. The van der Waals surface area contributed by atoms with E-state index in [-0.39, 0.29) is 5.91 Å². The third-order valence-electron chi connectivity index (χ3n) is 2.14. The van der Waals surface area contributed by atoms with Gasteiger partial charge >= 0.3 is 0 Å². The molecular weight excluding hydrogens is 174 g/mol. The molecule has 2 heteroatoms. The van der Waals surface area contributed by atoms with Crippen LogP contribution in [0.1, 0.15) is 15.9 Å². The minimum atomic E-state index is 0.00926. The molecule has 0 fully saturated rings. The van der Waals surface area contributed by atoms with Crippen LogP contribution in [0.25, 0.3) is 0 Å². The maximum Gasteiger partial charge on any atom is 0.261 e. The van der Waals surface area contributed by atoms with Crippen molar-refractivity contribution in [2.45, 2.75) is 6.92 Å². The first-order valence-electron chi connectivity index (χ1n) is 4.52. The zero-order chi connectivity index (χ0) is 9.97. The number of hydrogen-bond acceptors (Lipinski definition) is 1. The van der Waals surface area contributed by atoms with E-state index in [1.54, 1.807) is 17.0 Å². The molecule has 0 saturated heterocycles. The average molecular weight is 185 g/mol. The Hall–Kier alpha value is -1.83. The lowest BCUT2D eigenvalue weighted by molar-refractivity contribution is 0.0960. The largest absolute Gasteiger partial charge is 0.291 e. The molecule has 0 atom stereocenters. The molecule has 14 heavy (non-hydrogen) atoms. The third-order valence-corrected chi connectivity index (χ3v) is 2.14. The van der Waals surface area contributed by atoms with Crippen molar-refractivity contribution in [3.8, 4) is 0 Å². The lowest BCUT2D eigenvalue weighted by Gasteiger charge is -2.01. The van der Waals surface area contributed by atoms with Gasteiger partial charge in [0.2, 0.25) is 0 Å². The number of benzene rings is 1. The molecule has 2 aromatic rings. The highest BCUT2D eigenvalue weighted by Gasteiger charge is 2.05. The van der Waals surface area contributed by atoms with Gasteiger partial charge in [-0.2, -0.15) is 0 Å². The van der Waals surface area contributed by atoms with Gasteiger partial charge < -0.3 is 0 Å². The van der Waals surface area contributed by atoms with Gasteiger partial charge in [0, 0.05) is 18.0 Å². The SMILES string of the molecule is Cc1ccc(C(=O)n2cccc2)cc1. The zero-order valence-electron chi connectivity index (χ0n) is 7.97. The Kier molecular flexibility index (Phi) is 2.19. The molecule has 0 unspecified atom stereocenters. The van der Waals surface area contributed by atoms with E-state index < -0.39 is 0 Å². The molecule has 0 amide bonds. The van der Waals surface area contributed by atoms with Crippen molar-refractivity contribution >= 4 is 5.91 Å². The number of hydrogen-bond donors (Lipinski definition) is 0. The van der Waals surface area contributed by atoms with Gasteiger partial charge in [-0.3, -0.25) is 9.36 Å². The molecule has 0 aliphatic heterocycles. The first-order chi connectivity index (χ1) is 6.77. The van der Waals surface area contributed by atoms with Crippen LogP contribution in [0.5, 0.6) is 0 Å². The molecule has 2 nitrogen and oxygen atoms in total. The lowest BCUT2D eigenvalue weighted by atomic mass is 10.1. The van der Waals surface area contributed by atoms with E-state index in [9.17, 15) is 4.79 Å². The molecule has 0 spiro atoms. The molecule has 0 bridgehead atoms. The molecule has 1 heterocycles. The minimum absolute atomic E-state index is 0.00926. The predicted molar refractivity (Wildman–Crippen MR) is 55.3 cm³/mol. The first kappa shape index (κ1) is 8.75. The van der Waals surface area contributed by atoms with Crippen molar-refractivity contribution in [3.63, 3.8) is 0 Å². The van der Waals surface area contributed by atoms with Crippen molar-refractivity contribution in [2.75, 3.05) is 0 Å². The second-order valence-corrected chi connectivity index (χ2v) is 3.26. The highest BCUT2D eigenvalue weighted by atomic mass is 16.2. The minimum Gasteiger partial charge on any atom is -0.291 e. The summed E-state index contributed by atoms with van der Waals surface area (Å²) >= 11 is 0. The number of aromatic nitrogens is 1. The number of nitrogens with zero attached hydrogens (tertiary/aromatic N) is 1. The summed E-state index contributed by atoms with van der Waals surface area (Å²) in [6.07, 6.45) is 3.50. The molecule has 0 radical (unpaired) electrons. The Morgan fingerprint density at radius 1 is 1.07 bits per heavy atom. The van der Waals surface area contributed by atoms with Crippen LogP contribution < -0.4 is 0 Å². The van der Waals surface area contributed by atoms with Gasteiger partial charge in [-0.15, -0.1) is 0 Å². The van der Waals surface area contributed by atoms with E-state index in [0.29, 0.717) is 5.56 Å². The molecule has 2 rings (SSSR count). The number of carbonyl (C=O) groups excluding carboxylic acids is 1. The van der Waals surface area contributed by atoms with Gasteiger partial charge in [0.25, 0.3) is 5.91 Å². The van der Waals surface area contributed by atoms with E-state index in [1.165, 1.54) is 0 Å². The van der Waals surface area contributed by atoms with Crippen LogP contribution in [0.3, 0.4) is 0 Å². The van der Waals surface area contributed by atoms with E-state index in [1.807, 2.05) is 43.3 Å². The molecular formula is C12H11NO. The Bertz CT molecular complexity index is 426. The van der Waals surface area contributed by atoms with Crippen LogP contribution in [0.2, 0.25) is 0 Å². The molecule has 70 valence electrons. The summed E-state index contributed by atoms with van der Waals surface area (Å²) in [5, 5.41) is 0. The molecule has 0 N–H and O–H groups in total. The maximum absolute atomic E-state index is 11.8. The maximum atomic E-state index is 11.8. The Morgan fingerprint density at radius 2 is 1.64 bits per heavy atom. The van der Waals surface area contributed by atoms with Gasteiger partial charge in [-0.1, -0.05) is 17.7 Å².